The molecule has 1 aliphatic rings. The van der Waals surface area contributed by atoms with Crippen molar-refractivity contribution in [2.24, 2.45) is 0 Å². The number of halogens is 1. The van der Waals surface area contributed by atoms with Gasteiger partial charge in [0, 0.05) is 6.04 Å². The minimum Gasteiger partial charge on any atom is -0.313 e. The lowest BCUT2D eigenvalue weighted by molar-refractivity contribution is 0.500. The first kappa shape index (κ1) is 13.4. The van der Waals surface area contributed by atoms with E-state index in [1.807, 2.05) is 0 Å². The van der Waals surface area contributed by atoms with Crippen molar-refractivity contribution in [2.45, 2.75) is 32.2 Å². The molecule has 0 fully saturated rings. The average Bonchev–Trinajstić information content (AvgIpc) is 2.37. The molecular formula is C16H20ClN. The fraction of sp³-hybridized carbons (Fsp3) is 0.375. The van der Waals surface area contributed by atoms with Crippen LogP contribution in [0.3, 0.4) is 0 Å². The van der Waals surface area contributed by atoms with Crippen LogP contribution in [-0.4, -0.2) is 12.6 Å². The molecule has 0 atom stereocenters. The van der Waals surface area contributed by atoms with Crippen molar-refractivity contribution in [3.63, 3.8) is 0 Å². The average molecular weight is 262 g/mol. The van der Waals surface area contributed by atoms with E-state index in [2.05, 4.69) is 48.6 Å². The summed E-state index contributed by atoms with van der Waals surface area (Å²) in [5, 5.41) is 6.56. The Bertz CT molecular complexity index is 495. The normalized spacial score (nSPS) is 14.5. The van der Waals surface area contributed by atoms with Gasteiger partial charge in [-0.05, 0) is 47.7 Å². The zero-order valence-electron chi connectivity index (χ0n) is 10.8. The monoisotopic (exact) mass is 261 g/mol. The molecule has 0 saturated carbocycles. The van der Waals surface area contributed by atoms with Gasteiger partial charge in [-0.2, -0.15) is 0 Å². The van der Waals surface area contributed by atoms with Crippen molar-refractivity contribution in [1.29, 1.82) is 0 Å². The number of rotatable bonds is 3. The highest BCUT2D eigenvalue weighted by molar-refractivity contribution is 5.89. The first-order valence-electron chi connectivity index (χ1n) is 6.61. The fourth-order valence-corrected chi connectivity index (χ4v) is 2.94. The minimum atomic E-state index is 0. The summed E-state index contributed by atoms with van der Waals surface area (Å²) in [6.07, 6.45) is 3.56. The van der Waals surface area contributed by atoms with Gasteiger partial charge in [0.25, 0.3) is 0 Å². The summed E-state index contributed by atoms with van der Waals surface area (Å²) < 4.78 is 0. The number of hydrogen-bond acceptors (Lipinski definition) is 1. The lowest BCUT2D eigenvalue weighted by Crippen LogP contribution is -2.35. The summed E-state index contributed by atoms with van der Waals surface area (Å²) >= 11 is 0. The van der Waals surface area contributed by atoms with E-state index in [0.29, 0.717) is 6.04 Å². The van der Waals surface area contributed by atoms with Crippen LogP contribution in [0.15, 0.2) is 36.4 Å². The van der Waals surface area contributed by atoms with Crippen LogP contribution in [0.4, 0.5) is 0 Å². The van der Waals surface area contributed by atoms with E-state index in [0.717, 1.165) is 6.54 Å². The quantitative estimate of drug-likeness (QED) is 0.888. The maximum Gasteiger partial charge on any atom is 0.0148 e. The number of hydrogen-bond donors (Lipinski definition) is 1. The molecule has 0 saturated heterocycles. The lowest BCUT2D eigenvalue weighted by Gasteiger charge is -2.26. The standard InChI is InChI=1S/C16H19N.ClH/c1-2-9-17-15-10-13-7-3-5-12-6-4-8-14(11-15)16(12)13;/h3-8,15,17H,2,9-11H2,1H3;1H. The molecule has 1 aliphatic carbocycles. The Morgan fingerprint density at radius 2 is 1.67 bits per heavy atom. The van der Waals surface area contributed by atoms with Gasteiger partial charge in [-0.15, -0.1) is 12.4 Å². The van der Waals surface area contributed by atoms with Crippen LogP contribution < -0.4 is 5.32 Å². The molecular weight excluding hydrogens is 242 g/mol. The van der Waals surface area contributed by atoms with E-state index < -0.39 is 0 Å². The van der Waals surface area contributed by atoms with Crippen LogP contribution in [-0.2, 0) is 12.8 Å². The summed E-state index contributed by atoms with van der Waals surface area (Å²) in [5.41, 5.74) is 3.02. The maximum atomic E-state index is 3.66. The number of nitrogens with one attached hydrogen (secondary N) is 1. The van der Waals surface area contributed by atoms with E-state index >= 15 is 0 Å². The maximum absolute atomic E-state index is 3.66. The van der Waals surface area contributed by atoms with Crippen LogP contribution in [0.2, 0.25) is 0 Å². The van der Waals surface area contributed by atoms with Crippen molar-refractivity contribution in [1.82, 2.24) is 5.32 Å². The molecule has 0 heterocycles. The molecule has 18 heavy (non-hydrogen) atoms. The predicted molar refractivity (Wildman–Crippen MR) is 80.7 cm³/mol. The Hall–Kier alpha value is -1.05. The van der Waals surface area contributed by atoms with E-state index in [4.69, 9.17) is 0 Å². The molecule has 2 heteroatoms. The highest BCUT2D eigenvalue weighted by Gasteiger charge is 2.19. The molecule has 0 radical (unpaired) electrons. The van der Waals surface area contributed by atoms with Gasteiger partial charge in [0.15, 0.2) is 0 Å². The summed E-state index contributed by atoms with van der Waals surface area (Å²) in [5.74, 6) is 0. The molecule has 96 valence electrons. The molecule has 0 bridgehead atoms. The Labute approximate surface area is 115 Å². The highest BCUT2D eigenvalue weighted by Crippen LogP contribution is 2.29. The number of benzene rings is 2. The van der Waals surface area contributed by atoms with Gasteiger partial charge in [-0.25, -0.2) is 0 Å². The van der Waals surface area contributed by atoms with Gasteiger partial charge < -0.3 is 5.32 Å². The molecule has 0 spiro atoms. The summed E-state index contributed by atoms with van der Waals surface area (Å²) in [6, 6.07) is 14.0. The topological polar surface area (TPSA) is 12.0 Å². The van der Waals surface area contributed by atoms with Crippen LogP contribution in [0.5, 0.6) is 0 Å². The predicted octanol–water partition coefficient (Wildman–Crippen LogP) is 3.73. The zero-order chi connectivity index (χ0) is 11.7. The first-order valence-corrected chi connectivity index (χ1v) is 6.61. The van der Waals surface area contributed by atoms with Gasteiger partial charge >= 0.3 is 0 Å². The van der Waals surface area contributed by atoms with Crippen molar-refractivity contribution < 1.29 is 0 Å². The van der Waals surface area contributed by atoms with Gasteiger partial charge in [0.2, 0.25) is 0 Å². The third-order valence-electron chi connectivity index (χ3n) is 3.69. The summed E-state index contributed by atoms with van der Waals surface area (Å²) in [7, 11) is 0. The van der Waals surface area contributed by atoms with E-state index in [1.54, 1.807) is 0 Å². The second-order valence-corrected chi connectivity index (χ2v) is 4.99. The SMILES string of the molecule is CCCNC1Cc2cccc3cccc(c23)C1.Cl. The second-order valence-electron chi connectivity index (χ2n) is 4.99. The molecule has 2 aromatic carbocycles. The Balaban J connectivity index is 0.00000120. The Morgan fingerprint density at radius 1 is 1.06 bits per heavy atom. The van der Waals surface area contributed by atoms with Crippen molar-refractivity contribution in [3.05, 3.63) is 47.5 Å². The van der Waals surface area contributed by atoms with Crippen molar-refractivity contribution in [3.8, 4) is 0 Å². The molecule has 0 aromatic heterocycles. The lowest BCUT2D eigenvalue weighted by atomic mass is 9.86. The van der Waals surface area contributed by atoms with Gasteiger partial charge in [0.1, 0.15) is 0 Å². The summed E-state index contributed by atoms with van der Waals surface area (Å²) in [4.78, 5) is 0. The third kappa shape index (κ3) is 2.38. The first-order chi connectivity index (χ1) is 8.38. The Kier molecular flexibility index (Phi) is 4.26. The smallest absolute Gasteiger partial charge is 0.0148 e. The van der Waals surface area contributed by atoms with Crippen LogP contribution in [0, 0.1) is 0 Å². The van der Waals surface area contributed by atoms with Crippen molar-refractivity contribution in [2.75, 3.05) is 6.54 Å². The van der Waals surface area contributed by atoms with Crippen LogP contribution in [0.25, 0.3) is 10.8 Å². The van der Waals surface area contributed by atoms with Crippen LogP contribution in [0.1, 0.15) is 24.5 Å². The van der Waals surface area contributed by atoms with Crippen LogP contribution >= 0.6 is 12.4 Å². The molecule has 0 amide bonds. The third-order valence-corrected chi connectivity index (χ3v) is 3.69. The highest BCUT2D eigenvalue weighted by atomic mass is 35.5. The molecule has 0 aliphatic heterocycles. The van der Waals surface area contributed by atoms with E-state index in [1.165, 1.54) is 41.2 Å². The molecule has 3 rings (SSSR count). The van der Waals surface area contributed by atoms with Gasteiger partial charge in [-0.3, -0.25) is 0 Å². The molecule has 1 N–H and O–H groups in total. The second kappa shape index (κ2) is 5.73. The van der Waals surface area contributed by atoms with E-state index in [9.17, 15) is 0 Å². The van der Waals surface area contributed by atoms with E-state index in [-0.39, 0.29) is 12.4 Å². The molecule has 1 nitrogen and oxygen atoms in total. The minimum absolute atomic E-state index is 0. The van der Waals surface area contributed by atoms with Gasteiger partial charge in [0.05, 0.1) is 0 Å². The van der Waals surface area contributed by atoms with Crippen molar-refractivity contribution >= 4 is 23.2 Å². The fourth-order valence-electron chi connectivity index (χ4n) is 2.94. The molecule has 0 unspecified atom stereocenters. The van der Waals surface area contributed by atoms with Gasteiger partial charge in [-0.1, -0.05) is 43.3 Å². The zero-order valence-corrected chi connectivity index (χ0v) is 11.6. The Morgan fingerprint density at radius 3 is 2.22 bits per heavy atom. The summed E-state index contributed by atoms with van der Waals surface area (Å²) in [6.45, 7) is 3.35. The molecule has 2 aromatic rings. The largest absolute Gasteiger partial charge is 0.313 e.